The zero-order valence-corrected chi connectivity index (χ0v) is 10.6. The van der Waals surface area contributed by atoms with Crippen LogP contribution in [0.25, 0.3) is 5.57 Å². The standard InChI is InChI=1S/C13H10ClNO4/c14-9-3-1-8(2-4-9)10-7-11(16)15(13(10)19)6-5-12(17)18/h1-4,7H,5-6H2,(H,17,18). The number of nitrogens with zero attached hydrogens (tertiary/aromatic N) is 1. The molecular weight excluding hydrogens is 270 g/mol. The van der Waals surface area contributed by atoms with Crippen LogP contribution in [0.5, 0.6) is 0 Å². The van der Waals surface area contributed by atoms with Crippen molar-refractivity contribution in [1.82, 2.24) is 4.90 Å². The van der Waals surface area contributed by atoms with Gasteiger partial charge in [0.15, 0.2) is 0 Å². The van der Waals surface area contributed by atoms with Gasteiger partial charge >= 0.3 is 5.97 Å². The molecule has 0 atom stereocenters. The minimum atomic E-state index is -1.06. The van der Waals surface area contributed by atoms with Crippen LogP contribution in [-0.2, 0) is 14.4 Å². The highest BCUT2D eigenvalue weighted by Crippen LogP contribution is 2.24. The van der Waals surface area contributed by atoms with E-state index >= 15 is 0 Å². The molecule has 0 radical (unpaired) electrons. The van der Waals surface area contributed by atoms with E-state index in [9.17, 15) is 14.4 Å². The van der Waals surface area contributed by atoms with E-state index in [4.69, 9.17) is 16.7 Å². The summed E-state index contributed by atoms with van der Waals surface area (Å²) in [6.45, 7) is -0.124. The van der Waals surface area contributed by atoms with Crippen LogP contribution in [0.1, 0.15) is 12.0 Å². The fourth-order valence-electron chi connectivity index (χ4n) is 1.76. The first-order valence-corrected chi connectivity index (χ1v) is 5.92. The molecule has 2 amide bonds. The van der Waals surface area contributed by atoms with E-state index in [-0.39, 0.29) is 18.5 Å². The lowest BCUT2D eigenvalue weighted by molar-refractivity contribution is -0.139. The number of imide groups is 1. The molecule has 19 heavy (non-hydrogen) atoms. The van der Waals surface area contributed by atoms with Gasteiger partial charge in [0.05, 0.1) is 12.0 Å². The van der Waals surface area contributed by atoms with Crippen molar-refractivity contribution < 1.29 is 19.5 Å². The van der Waals surface area contributed by atoms with Crippen molar-refractivity contribution in [1.29, 1.82) is 0 Å². The normalized spacial score (nSPS) is 14.8. The van der Waals surface area contributed by atoms with Gasteiger partial charge in [0.25, 0.3) is 11.8 Å². The van der Waals surface area contributed by atoms with E-state index in [1.54, 1.807) is 24.3 Å². The number of benzene rings is 1. The molecule has 1 aromatic rings. The van der Waals surface area contributed by atoms with Gasteiger partial charge in [-0.05, 0) is 17.7 Å². The molecule has 1 aliphatic heterocycles. The molecule has 0 fully saturated rings. The summed E-state index contributed by atoms with van der Waals surface area (Å²) < 4.78 is 0. The lowest BCUT2D eigenvalue weighted by Crippen LogP contribution is -2.32. The highest BCUT2D eigenvalue weighted by Gasteiger charge is 2.31. The molecule has 1 heterocycles. The first-order chi connectivity index (χ1) is 8.99. The molecule has 0 saturated heterocycles. The molecule has 0 saturated carbocycles. The highest BCUT2D eigenvalue weighted by atomic mass is 35.5. The van der Waals surface area contributed by atoms with E-state index in [1.165, 1.54) is 6.08 Å². The van der Waals surface area contributed by atoms with Crippen molar-refractivity contribution in [2.24, 2.45) is 0 Å². The van der Waals surface area contributed by atoms with Gasteiger partial charge in [0, 0.05) is 17.6 Å². The Labute approximate surface area is 114 Å². The van der Waals surface area contributed by atoms with Crippen LogP contribution >= 0.6 is 11.6 Å². The van der Waals surface area contributed by atoms with Gasteiger partial charge in [-0.3, -0.25) is 19.3 Å². The molecule has 2 rings (SSSR count). The molecule has 1 N–H and O–H groups in total. The van der Waals surface area contributed by atoms with Crippen LogP contribution in [0.15, 0.2) is 30.3 Å². The van der Waals surface area contributed by atoms with Gasteiger partial charge in [0.1, 0.15) is 0 Å². The fourth-order valence-corrected chi connectivity index (χ4v) is 1.89. The molecule has 6 heteroatoms. The highest BCUT2D eigenvalue weighted by molar-refractivity contribution is 6.34. The van der Waals surface area contributed by atoms with Crippen LogP contribution in [0.4, 0.5) is 0 Å². The maximum atomic E-state index is 12.0. The largest absolute Gasteiger partial charge is 0.481 e. The van der Waals surface area contributed by atoms with Gasteiger partial charge in [-0.15, -0.1) is 0 Å². The molecule has 1 aliphatic rings. The average molecular weight is 280 g/mol. The van der Waals surface area contributed by atoms with Gasteiger partial charge < -0.3 is 5.11 Å². The Morgan fingerprint density at radius 2 is 1.84 bits per heavy atom. The second-order valence-electron chi connectivity index (χ2n) is 4.00. The lowest BCUT2D eigenvalue weighted by Gasteiger charge is -2.13. The molecule has 5 nitrogen and oxygen atoms in total. The second-order valence-corrected chi connectivity index (χ2v) is 4.44. The third kappa shape index (κ3) is 2.82. The van der Waals surface area contributed by atoms with Gasteiger partial charge in [-0.1, -0.05) is 23.7 Å². The number of aliphatic carboxylic acids is 1. The van der Waals surface area contributed by atoms with E-state index in [0.29, 0.717) is 10.6 Å². The number of carboxylic acids is 1. The Morgan fingerprint density at radius 1 is 1.21 bits per heavy atom. The van der Waals surface area contributed by atoms with Crippen LogP contribution in [0.2, 0.25) is 5.02 Å². The van der Waals surface area contributed by atoms with Gasteiger partial charge in [0.2, 0.25) is 0 Å². The predicted octanol–water partition coefficient (Wildman–Crippen LogP) is 1.57. The first-order valence-electron chi connectivity index (χ1n) is 5.54. The summed E-state index contributed by atoms with van der Waals surface area (Å²) in [5.74, 6) is -2.02. The minimum absolute atomic E-state index is 0.124. The SMILES string of the molecule is O=C(O)CCN1C(=O)C=C(c2ccc(Cl)cc2)C1=O. The molecule has 0 aromatic heterocycles. The van der Waals surface area contributed by atoms with Crippen LogP contribution in [0, 0.1) is 0 Å². The Kier molecular flexibility index (Phi) is 3.66. The Hall–Kier alpha value is -2.14. The summed E-state index contributed by atoms with van der Waals surface area (Å²) in [6.07, 6.45) is 0.951. The quantitative estimate of drug-likeness (QED) is 0.849. The van der Waals surface area contributed by atoms with E-state index in [0.717, 1.165) is 4.90 Å². The van der Waals surface area contributed by atoms with E-state index in [1.807, 2.05) is 0 Å². The Balaban J connectivity index is 2.18. The Bertz CT molecular complexity index is 577. The van der Waals surface area contributed by atoms with Gasteiger partial charge in [-0.2, -0.15) is 0 Å². The van der Waals surface area contributed by atoms with Crippen molar-refractivity contribution in [2.75, 3.05) is 6.54 Å². The van der Waals surface area contributed by atoms with Crippen molar-refractivity contribution >= 4 is 35.0 Å². The lowest BCUT2D eigenvalue weighted by atomic mass is 10.1. The van der Waals surface area contributed by atoms with E-state index < -0.39 is 17.8 Å². The van der Waals surface area contributed by atoms with Crippen LogP contribution < -0.4 is 0 Å². The maximum Gasteiger partial charge on any atom is 0.305 e. The predicted molar refractivity (Wildman–Crippen MR) is 68.4 cm³/mol. The summed E-state index contributed by atoms with van der Waals surface area (Å²) in [4.78, 5) is 35.1. The third-order valence-corrected chi connectivity index (χ3v) is 2.97. The summed E-state index contributed by atoms with van der Waals surface area (Å²) in [5, 5.41) is 9.11. The number of carbonyl (C=O) groups is 3. The van der Waals surface area contributed by atoms with E-state index in [2.05, 4.69) is 0 Å². The van der Waals surface area contributed by atoms with Crippen molar-refractivity contribution in [3.63, 3.8) is 0 Å². The minimum Gasteiger partial charge on any atom is -0.481 e. The molecule has 0 unspecified atom stereocenters. The summed E-state index contributed by atoms with van der Waals surface area (Å²) in [7, 11) is 0. The molecule has 0 bridgehead atoms. The zero-order chi connectivity index (χ0) is 14.0. The summed E-state index contributed by atoms with van der Waals surface area (Å²) in [5.41, 5.74) is 0.840. The number of halogens is 1. The number of carboxylic acid groups (broad SMARTS) is 1. The topological polar surface area (TPSA) is 74.7 Å². The van der Waals surface area contributed by atoms with Crippen molar-refractivity contribution in [2.45, 2.75) is 6.42 Å². The molecule has 0 spiro atoms. The number of rotatable bonds is 4. The maximum absolute atomic E-state index is 12.0. The summed E-state index contributed by atoms with van der Waals surface area (Å²) in [6, 6.07) is 6.52. The average Bonchev–Trinajstić information content (AvgIpc) is 2.63. The number of hydrogen-bond acceptors (Lipinski definition) is 3. The molecule has 0 aliphatic carbocycles. The molecule has 1 aromatic carbocycles. The monoisotopic (exact) mass is 279 g/mol. The Morgan fingerprint density at radius 3 is 2.42 bits per heavy atom. The summed E-state index contributed by atoms with van der Waals surface area (Å²) >= 11 is 5.75. The van der Waals surface area contributed by atoms with Crippen LogP contribution in [-0.4, -0.2) is 34.3 Å². The molecular formula is C13H10ClNO4. The number of carbonyl (C=O) groups excluding carboxylic acids is 2. The third-order valence-electron chi connectivity index (χ3n) is 2.71. The number of hydrogen-bond donors (Lipinski definition) is 1. The molecule has 98 valence electrons. The zero-order valence-electron chi connectivity index (χ0n) is 9.80. The number of amides is 2. The second kappa shape index (κ2) is 5.24. The van der Waals surface area contributed by atoms with Gasteiger partial charge in [-0.25, -0.2) is 0 Å². The first kappa shape index (κ1) is 13.3. The smallest absolute Gasteiger partial charge is 0.305 e. The fraction of sp³-hybridized carbons (Fsp3) is 0.154. The van der Waals surface area contributed by atoms with Crippen molar-refractivity contribution in [3.05, 3.63) is 40.9 Å². The van der Waals surface area contributed by atoms with Crippen molar-refractivity contribution in [3.8, 4) is 0 Å². The van der Waals surface area contributed by atoms with Crippen LogP contribution in [0.3, 0.4) is 0 Å².